The molecule has 10 unspecified atom stereocenters. The Morgan fingerprint density at radius 1 is 0.620 bits per heavy atom. The number of carbonyl (C=O) groups is 7. The number of aliphatic hydroxyl groups excluding tert-OH is 1. The molecule has 7 rings (SSSR count). The number of hydrogen-bond acceptors (Lipinski definition) is 11. The highest BCUT2D eigenvalue weighted by molar-refractivity contribution is 5.99. The van der Waals surface area contributed by atoms with Crippen molar-refractivity contribution in [3.05, 3.63) is 108 Å². The lowest BCUT2D eigenvalue weighted by Gasteiger charge is -2.38. The largest absolute Gasteiger partial charge is 0.396 e. The second-order valence-corrected chi connectivity index (χ2v) is 22.1. The first-order chi connectivity index (χ1) is 38.4. The number of hydrogen-bond donors (Lipinski definition) is 9. The maximum Gasteiger partial charge on any atom is 0.255 e. The van der Waals surface area contributed by atoms with Crippen LogP contribution in [0.25, 0.3) is 0 Å². The van der Waals surface area contributed by atoms with E-state index in [1.165, 1.54) is 0 Å². The normalized spacial score (nSPS) is 23.8. The van der Waals surface area contributed by atoms with Crippen molar-refractivity contribution in [1.82, 2.24) is 52.3 Å². The predicted octanol–water partition coefficient (Wildman–Crippen LogP) is 3.91. The van der Waals surface area contributed by atoms with Gasteiger partial charge in [0.2, 0.25) is 35.4 Å². The van der Waals surface area contributed by atoms with Crippen molar-refractivity contribution in [2.24, 2.45) is 11.8 Å². The van der Waals surface area contributed by atoms with Gasteiger partial charge in [0.05, 0.1) is 12.1 Å². The van der Waals surface area contributed by atoms with Crippen LogP contribution in [0.2, 0.25) is 0 Å². The van der Waals surface area contributed by atoms with Gasteiger partial charge in [0.15, 0.2) is 5.54 Å². The molecular weight excluding hydrogens is 1000 g/mol. The fourth-order valence-corrected chi connectivity index (χ4v) is 12.5. The molecule has 10 atom stereocenters. The standard InChI is InChI=1S/C61H88N10O8/c1-5-46(62-3)39-66-53-43(40-72)29-31-48-33-35-51(71(48)58(53)77)57(76)69-61(44-23-15-11-16-24-44,45-25-17-12-18-26-45)60(79)64-36-20-9-7-8-19-27-52(73)65-38-42-28-30-47-32-34-50(56(75)67-37-41-21-13-10-14-22-41)70(47)59(78)54(42)68-55(74)49(6-2)63-4/h10-18,21-26,42-43,46-51,53-54,62-63,66,72H,5-9,19-20,27-40H2,1-4H3,(H,64,79)(H,65,73)(H,67,75)(H,68,74)(H,69,76). The van der Waals surface area contributed by atoms with Crippen molar-refractivity contribution in [3.8, 4) is 0 Å². The molecule has 9 N–H and O–H groups in total. The van der Waals surface area contributed by atoms with Gasteiger partial charge in [-0.05, 0) is 108 Å². The van der Waals surface area contributed by atoms with Crippen molar-refractivity contribution in [2.45, 2.75) is 177 Å². The third kappa shape index (κ3) is 15.0. The van der Waals surface area contributed by atoms with E-state index in [4.69, 9.17) is 0 Å². The Balaban J connectivity index is 0.925. The van der Waals surface area contributed by atoms with E-state index in [0.717, 1.165) is 31.2 Å². The van der Waals surface area contributed by atoms with Gasteiger partial charge in [-0.25, -0.2) is 0 Å². The number of aliphatic hydroxyl groups is 1. The number of nitrogens with zero attached hydrogens (tertiary/aromatic N) is 2. The van der Waals surface area contributed by atoms with Gasteiger partial charge in [-0.2, -0.15) is 0 Å². The van der Waals surface area contributed by atoms with Crippen molar-refractivity contribution in [3.63, 3.8) is 0 Å². The average Bonchev–Trinajstić information content (AvgIpc) is 4.20. The highest BCUT2D eigenvalue weighted by Gasteiger charge is 2.51. The van der Waals surface area contributed by atoms with Gasteiger partial charge in [0.1, 0.15) is 18.1 Å². The fraction of sp³-hybridized carbons (Fsp3) is 0.590. The Morgan fingerprint density at radius 2 is 1.18 bits per heavy atom. The van der Waals surface area contributed by atoms with E-state index in [2.05, 4.69) is 49.5 Å². The average molecular weight is 1090 g/mol. The SMILES string of the molecule is CCC(CNC1C(=O)N2C(CCC1CO)CCC2C(=O)NC(C(=O)NCCCCCCCC(=O)NCC1CCC2CCC(C(=O)NCc3ccccc3)N2C(=O)C1NC(=O)C(CC)NC)(c1ccccc1)c1ccccc1)NC. The summed E-state index contributed by atoms with van der Waals surface area (Å²) in [4.78, 5) is 103. The van der Waals surface area contributed by atoms with Crippen LogP contribution in [-0.4, -0.2) is 145 Å². The molecule has 0 bridgehead atoms. The molecule has 4 heterocycles. The van der Waals surface area contributed by atoms with Gasteiger partial charge in [0.25, 0.3) is 5.91 Å². The zero-order valence-electron chi connectivity index (χ0n) is 47.0. The second-order valence-electron chi connectivity index (χ2n) is 22.1. The number of nitrogens with one attached hydrogen (secondary N) is 8. The monoisotopic (exact) mass is 1090 g/mol. The molecule has 0 aromatic heterocycles. The highest BCUT2D eigenvalue weighted by Crippen LogP contribution is 2.37. The van der Waals surface area contributed by atoms with E-state index in [-0.39, 0.29) is 72.6 Å². The van der Waals surface area contributed by atoms with Gasteiger partial charge in [-0.1, -0.05) is 124 Å². The zero-order chi connectivity index (χ0) is 56.3. The van der Waals surface area contributed by atoms with Crippen LogP contribution in [0.15, 0.2) is 91.0 Å². The predicted molar refractivity (Wildman–Crippen MR) is 304 cm³/mol. The maximum absolute atomic E-state index is 14.9. The number of rotatable bonds is 28. The van der Waals surface area contributed by atoms with Gasteiger partial charge < -0.3 is 57.4 Å². The topological polar surface area (TPSA) is 242 Å². The lowest BCUT2D eigenvalue weighted by atomic mass is 9.81. The molecule has 0 aliphatic carbocycles. The Hall–Kier alpha value is -6.21. The minimum absolute atomic E-state index is 0.135. The molecule has 3 aromatic rings. The molecular formula is C61H88N10O8. The summed E-state index contributed by atoms with van der Waals surface area (Å²) in [7, 11) is 3.59. The lowest BCUT2D eigenvalue weighted by molar-refractivity contribution is -0.143. The van der Waals surface area contributed by atoms with Crippen molar-refractivity contribution in [2.75, 3.05) is 40.3 Å². The van der Waals surface area contributed by atoms with E-state index in [9.17, 15) is 38.7 Å². The third-order valence-electron chi connectivity index (χ3n) is 17.2. The van der Waals surface area contributed by atoms with Gasteiger partial charge >= 0.3 is 0 Å². The molecule has 0 spiro atoms. The van der Waals surface area contributed by atoms with Crippen LogP contribution < -0.4 is 42.5 Å². The highest BCUT2D eigenvalue weighted by atomic mass is 16.3. The van der Waals surface area contributed by atoms with E-state index < -0.39 is 47.6 Å². The lowest BCUT2D eigenvalue weighted by Crippen LogP contribution is -2.62. The molecule has 18 heteroatoms. The van der Waals surface area contributed by atoms with Crippen LogP contribution >= 0.6 is 0 Å². The van der Waals surface area contributed by atoms with E-state index in [1.54, 1.807) is 16.8 Å². The molecule has 0 saturated carbocycles. The smallest absolute Gasteiger partial charge is 0.255 e. The first kappa shape index (κ1) is 60.4. The van der Waals surface area contributed by atoms with E-state index >= 15 is 0 Å². The van der Waals surface area contributed by atoms with Crippen LogP contribution in [-0.2, 0) is 45.6 Å². The summed E-state index contributed by atoms with van der Waals surface area (Å²) in [5.74, 6) is -2.59. The number of unbranched alkanes of at least 4 members (excludes halogenated alkanes) is 4. The summed E-state index contributed by atoms with van der Waals surface area (Å²) in [5, 5.41) is 35.7. The Morgan fingerprint density at radius 3 is 1.76 bits per heavy atom. The van der Waals surface area contributed by atoms with Crippen molar-refractivity contribution < 1.29 is 38.7 Å². The molecule has 7 amide bonds. The van der Waals surface area contributed by atoms with Crippen molar-refractivity contribution in [1.29, 1.82) is 0 Å². The summed E-state index contributed by atoms with van der Waals surface area (Å²) in [6, 6.07) is 24.4. The van der Waals surface area contributed by atoms with Crippen molar-refractivity contribution >= 4 is 41.4 Å². The Kier molecular flexibility index (Phi) is 22.8. The molecule has 4 aliphatic heterocycles. The Labute approximate surface area is 467 Å². The van der Waals surface area contributed by atoms with E-state index in [1.807, 2.05) is 105 Å². The van der Waals surface area contributed by atoms with Gasteiger partial charge in [-0.3, -0.25) is 33.6 Å². The zero-order valence-corrected chi connectivity index (χ0v) is 47.0. The van der Waals surface area contributed by atoms with E-state index in [0.29, 0.717) is 108 Å². The number of carbonyl (C=O) groups excluding carboxylic acids is 7. The van der Waals surface area contributed by atoms with Crippen LogP contribution in [0.4, 0.5) is 0 Å². The quantitative estimate of drug-likeness (QED) is 0.0473. The number of amides is 7. The summed E-state index contributed by atoms with van der Waals surface area (Å²) in [6.07, 6.45) is 10.3. The Bertz CT molecular complexity index is 2420. The molecule has 18 nitrogen and oxygen atoms in total. The maximum atomic E-state index is 14.9. The summed E-state index contributed by atoms with van der Waals surface area (Å²) in [5.41, 5.74) is 0.502. The minimum Gasteiger partial charge on any atom is -0.396 e. The molecule has 4 aliphatic rings. The summed E-state index contributed by atoms with van der Waals surface area (Å²) in [6.45, 7) is 5.26. The molecule has 4 saturated heterocycles. The number of fused-ring (bicyclic) bond motifs is 2. The minimum atomic E-state index is -1.62. The molecule has 79 heavy (non-hydrogen) atoms. The summed E-state index contributed by atoms with van der Waals surface area (Å²) >= 11 is 0. The van der Waals surface area contributed by atoms with Crippen LogP contribution in [0.3, 0.4) is 0 Å². The number of benzene rings is 3. The first-order valence-electron chi connectivity index (χ1n) is 29.3. The van der Waals surface area contributed by atoms with Gasteiger partial charge in [0, 0.05) is 69.2 Å². The molecule has 3 aromatic carbocycles. The molecule has 430 valence electrons. The number of likely N-dealkylation sites (N-methyl/N-ethyl adjacent to an activating group) is 2. The third-order valence-corrected chi connectivity index (χ3v) is 17.2. The summed E-state index contributed by atoms with van der Waals surface area (Å²) < 4.78 is 0. The second kappa shape index (κ2) is 29.8. The van der Waals surface area contributed by atoms with Crippen LogP contribution in [0.1, 0.15) is 133 Å². The first-order valence-corrected chi connectivity index (χ1v) is 29.3. The van der Waals surface area contributed by atoms with Crippen LogP contribution in [0.5, 0.6) is 0 Å². The van der Waals surface area contributed by atoms with Crippen LogP contribution in [0, 0.1) is 11.8 Å². The molecule has 0 radical (unpaired) electrons. The fourth-order valence-electron chi connectivity index (χ4n) is 12.5. The molecule has 4 fully saturated rings. The van der Waals surface area contributed by atoms with Gasteiger partial charge in [-0.15, -0.1) is 0 Å².